The minimum absolute atomic E-state index is 0.0516. The van der Waals surface area contributed by atoms with Crippen LogP contribution in [0.1, 0.15) is 65.1 Å². The minimum atomic E-state index is -0.543. The standard InChI is InChI=1S/C25H35N3O3/c1-24(2,3)31-23(30)26-14-22-27-19-6-4-5-7-20(19)28(22)15-21(29)25-11-16-8-17(12-25)10-18(9-16)13-25/h4-7,16-18,21,29H,8-15H2,1-3H3,(H,26,30). The lowest BCUT2D eigenvalue weighted by Gasteiger charge is -2.58. The number of ether oxygens (including phenoxy) is 1. The van der Waals surface area contributed by atoms with Crippen LogP contribution in [-0.4, -0.2) is 32.5 Å². The van der Waals surface area contributed by atoms with E-state index in [1.165, 1.54) is 38.5 Å². The van der Waals surface area contributed by atoms with E-state index in [9.17, 15) is 9.90 Å². The number of aliphatic hydroxyl groups is 1. The Morgan fingerprint density at radius 3 is 2.42 bits per heavy atom. The van der Waals surface area contributed by atoms with E-state index in [0.717, 1.165) is 34.6 Å². The molecular formula is C25H35N3O3. The van der Waals surface area contributed by atoms with Crippen molar-refractivity contribution in [1.29, 1.82) is 0 Å². The van der Waals surface area contributed by atoms with Crippen molar-refractivity contribution in [1.82, 2.24) is 14.9 Å². The second-order valence-corrected chi connectivity index (χ2v) is 11.3. The first-order valence-electron chi connectivity index (χ1n) is 11.8. The number of para-hydroxylation sites is 2. The zero-order chi connectivity index (χ0) is 21.8. The topological polar surface area (TPSA) is 76.4 Å². The molecule has 1 aromatic heterocycles. The van der Waals surface area contributed by atoms with E-state index in [1.54, 1.807) is 0 Å². The van der Waals surface area contributed by atoms with Crippen LogP contribution >= 0.6 is 0 Å². The number of nitrogens with one attached hydrogen (secondary N) is 1. The molecule has 0 saturated heterocycles. The van der Waals surface area contributed by atoms with E-state index in [2.05, 4.69) is 9.88 Å². The molecule has 1 heterocycles. The van der Waals surface area contributed by atoms with Gasteiger partial charge in [-0.25, -0.2) is 9.78 Å². The van der Waals surface area contributed by atoms with Crippen LogP contribution in [0.2, 0.25) is 0 Å². The zero-order valence-electron chi connectivity index (χ0n) is 18.9. The predicted molar refractivity (Wildman–Crippen MR) is 119 cm³/mol. The number of carbonyl (C=O) groups is 1. The number of nitrogens with zero attached hydrogens (tertiary/aromatic N) is 2. The fourth-order valence-corrected chi connectivity index (χ4v) is 6.88. The molecule has 6 heteroatoms. The summed E-state index contributed by atoms with van der Waals surface area (Å²) in [4.78, 5) is 17.0. The van der Waals surface area contributed by atoms with Crippen molar-refractivity contribution in [2.24, 2.45) is 23.2 Å². The fraction of sp³-hybridized carbons (Fsp3) is 0.680. The van der Waals surface area contributed by atoms with Crippen molar-refractivity contribution in [2.75, 3.05) is 0 Å². The number of alkyl carbamates (subject to hydrolysis) is 1. The van der Waals surface area contributed by atoms with Crippen LogP contribution in [0.3, 0.4) is 0 Å². The second kappa shape index (κ2) is 7.51. The third kappa shape index (κ3) is 4.07. The van der Waals surface area contributed by atoms with Gasteiger partial charge in [-0.3, -0.25) is 0 Å². The lowest BCUT2D eigenvalue weighted by molar-refractivity contribution is -0.124. The Morgan fingerprint density at radius 1 is 1.19 bits per heavy atom. The molecular weight excluding hydrogens is 390 g/mol. The number of aliphatic hydroxyl groups excluding tert-OH is 1. The van der Waals surface area contributed by atoms with Crippen LogP contribution in [0, 0.1) is 23.2 Å². The summed E-state index contributed by atoms with van der Waals surface area (Å²) in [5.41, 5.74) is 1.41. The molecule has 4 bridgehead atoms. The van der Waals surface area contributed by atoms with Gasteiger partial charge in [0.25, 0.3) is 0 Å². The summed E-state index contributed by atoms with van der Waals surface area (Å²) < 4.78 is 7.49. The summed E-state index contributed by atoms with van der Waals surface area (Å²) >= 11 is 0. The van der Waals surface area contributed by atoms with Crippen LogP contribution in [0.4, 0.5) is 4.79 Å². The van der Waals surface area contributed by atoms with Crippen molar-refractivity contribution in [3.8, 4) is 0 Å². The number of aromatic nitrogens is 2. The molecule has 0 radical (unpaired) electrons. The van der Waals surface area contributed by atoms with E-state index < -0.39 is 17.8 Å². The van der Waals surface area contributed by atoms with E-state index in [-0.39, 0.29) is 12.0 Å². The molecule has 2 aromatic rings. The monoisotopic (exact) mass is 425 g/mol. The Morgan fingerprint density at radius 2 is 1.81 bits per heavy atom. The molecule has 0 aliphatic heterocycles. The molecule has 4 aliphatic rings. The van der Waals surface area contributed by atoms with Gasteiger partial charge in [0.2, 0.25) is 0 Å². The summed E-state index contributed by atoms with van der Waals surface area (Å²) in [5, 5.41) is 14.4. The molecule has 1 atom stereocenters. The van der Waals surface area contributed by atoms with Gasteiger partial charge in [-0.05, 0) is 94.6 Å². The lowest BCUT2D eigenvalue weighted by Crippen LogP contribution is -2.52. The van der Waals surface area contributed by atoms with Crippen LogP contribution in [0.25, 0.3) is 11.0 Å². The Balaban J connectivity index is 1.37. The first kappa shape index (κ1) is 20.8. The molecule has 1 unspecified atom stereocenters. The number of benzene rings is 1. The fourth-order valence-electron chi connectivity index (χ4n) is 6.88. The molecule has 168 valence electrons. The summed E-state index contributed by atoms with van der Waals surface area (Å²) in [6.07, 6.45) is 6.75. The highest BCUT2D eigenvalue weighted by Crippen LogP contribution is 2.61. The van der Waals surface area contributed by atoms with Crippen LogP contribution in [-0.2, 0) is 17.8 Å². The highest BCUT2D eigenvalue weighted by atomic mass is 16.6. The second-order valence-electron chi connectivity index (χ2n) is 11.3. The highest BCUT2D eigenvalue weighted by molar-refractivity contribution is 5.76. The maximum atomic E-state index is 12.2. The van der Waals surface area contributed by atoms with E-state index in [4.69, 9.17) is 9.72 Å². The number of fused-ring (bicyclic) bond motifs is 1. The van der Waals surface area contributed by atoms with Gasteiger partial charge in [0.1, 0.15) is 11.4 Å². The quantitative estimate of drug-likeness (QED) is 0.732. The van der Waals surface area contributed by atoms with E-state index in [1.807, 2.05) is 45.0 Å². The number of rotatable bonds is 5. The molecule has 4 fully saturated rings. The number of carbonyl (C=O) groups excluding carboxylic acids is 1. The number of hydrogen-bond donors (Lipinski definition) is 2. The molecule has 4 saturated carbocycles. The van der Waals surface area contributed by atoms with Crippen molar-refractivity contribution < 1.29 is 14.6 Å². The minimum Gasteiger partial charge on any atom is -0.444 e. The molecule has 31 heavy (non-hydrogen) atoms. The molecule has 4 aliphatic carbocycles. The predicted octanol–water partition coefficient (Wildman–Crippen LogP) is 4.64. The van der Waals surface area contributed by atoms with Gasteiger partial charge in [0, 0.05) is 0 Å². The highest BCUT2D eigenvalue weighted by Gasteiger charge is 2.54. The number of amides is 1. The summed E-state index contributed by atoms with van der Waals surface area (Å²) in [6, 6.07) is 8.01. The van der Waals surface area contributed by atoms with Gasteiger partial charge in [-0.15, -0.1) is 0 Å². The first-order valence-corrected chi connectivity index (χ1v) is 11.8. The maximum absolute atomic E-state index is 12.2. The third-order valence-corrected chi connectivity index (χ3v) is 7.67. The molecule has 2 N–H and O–H groups in total. The van der Waals surface area contributed by atoms with Crippen LogP contribution in [0.15, 0.2) is 24.3 Å². The Bertz CT molecular complexity index is 939. The van der Waals surface area contributed by atoms with Gasteiger partial charge in [-0.2, -0.15) is 0 Å². The molecule has 1 amide bonds. The SMILES string of the molecule is CC(C)(C)OC(=O)NCc1nc2ccccc2n1CC(O)C12CC3CC(CC(C3)C1)C2. The van der Waals surface area contributed by atoms with Crippen molar-refractivity contribution in [3.05, 3.63) is 30.1 Å². The Kier molecular flexibility index (Phi) is 5.04. The summed E-state index contributed by atoms with van der Waals surface area (Å²) in [5.74, 6) is 3.16. The van der Waals surface area contributed by atoms with Gasteiger partial charge < -0.3 is 19.7 Å². The van der Waals surface area contributed by atoms with Crippen LogP contribution in [0.5, 0.6) is 0 Å². The summed E-state index contributed by atoms with van der Waals surface area (Å²) in [7, 11) is 0. The maximum Gasteiger partial charge on any atom is 0.408 e. The molecule has 1 aromatic carbocycles. The van der Waals surface area contributed by atoms with Crippen LogP contribution < -0.4 is 5.32 Å². The number of imidazole rings is 1. The van der Waals surface area contributed by atoms with Crippen molar-refractivity contribution in [3.63, 3.8) is 0 Å². The van der Waals surface area contributed by atoms with Gasteiger partial charge in [0.15, 0.2) is 0 Å². The zero-order valence-corrected chi connectivity index (χ0v) is 18.9. The molecule has 6 nitrogen and oxygen atoms in total. The van der Waals surface area contributed by atoms with E-state index >= 15 is 0 Å². The molecule has 0 spiro atoms. The lowest BCUT2D eigenvalue weighted by atomic mass is 9.48. The Labute approximate surface area is 184 Å². The first-order chi connectivity index (χ1) is 14.7. The van der Waals surface area contributed by atoms with E-state index in [0.29, 0.717) is 6.54 Å². The smallest absolute Gasteiger partial charge is 0.408 e. The third-order valence-electron chi connectivity index (χ3n) is 7.67. The average molecular weight is 426 g/mol. The molecule has 6 rings (SSSR count). The average Bonchev–Trinajstić information content (AvgIpc) is 3.01. The van der Waals surface area contributed by atoms with Crippen molar-refractivity contribution in [2.45, 2.75) is 84.1 Å². The summed E-state index contributed by atoms with van der Waals surface area (Å²) in [6.45, 7) is 6.35. The van der Waals surface area contributed by atoms with Gasteiger partial charge in [0.05, 0.1) is 30.2 Å². The van der Waals surface area contributed by atoms with Crippen molar-refractivity contribution >= 4 is 17.1 Å². The van der Waals surface area contributed by atoms with Gasteiger partial charge in [-0.1, -0.05) is 12.1 Å². The normalized spacial score (nSPS) is 30.5. The number of hydrogen-bond acceptors (Lipinski definition) is 4. The largest absolute Gasteiger partial charge is 0.444 e. The Hall–Kier alpha value is -2.08. The van der Waals surface area contributed by atoms with Gasteiger partial charge >= 0.3 is 6.09 Å².